The van der Waals surface area contributed by atoms with Crippen LogP contribution in [0.25, 0.3) is 0 Å². The lowest BCUT2D eigenvalue weighted by Crippen LogP contribution is -2.13. The number of ketones is 1. The normalized spacial score (nSPS) is 20.8. The molecule has 0 aromatic carbocycles. The van der Waals surface area contributed by atoms with Crippen molar-refractivity contribution in [3.8, 4) is 0 Å². The standard InChI is InChI=1S/C23H36O6/c1-17(15-16-27-3)9-8-10-19-13-14-21(25)20(19)11-6-5-7-12-22(23(26)28-4)29-18(2)24/h8,10,12,17,19-20H,5-7,9,11,13-16H2,1-4H3/t17?,19-,20+/m0/s1. The van der Waals surface area contributed by atoms with E-state index in [1.165, 1.54) is 14.0 Å². The van der Waals surface area contributed by atoms with Gasteiger partial charge in [-0.25, -0.2) is 4.79 Å². The zero-order chi connectivity index (χ0) is 21.6. The molecule has 6 nitrogen and oxygen atoms in total. The lowest BCUT2D eigenvalue weighted by molar-refractivity contribution is -0.148. The molecule has 6 heteroatoms. The quantitative estimate of drug-likeness (QED) is 0.148. The minimum absolute atomic E-state index is 0.0691. The molecule has 0 bridgehead atoms. The van der Waals surface area contributed by atoms with Gasteiger partial charge in [0.2, 0.25) is 5.76 Å². The monoisotopic (exact) mass is 408 g/mol. The summed E-state index contributed by atoms with van der Waals surface area (Å²) in [5, 5.41) is 0. The number of unbranched alkanes of at least 4 members (excludes halogenated alkanes) is 2. The van der Waals surface area contributed by atoms with Crippen molar-refractivity contribution in [1.29, 1.82) is 0 Å². The Morgan fingerprint density at radius 1 is 1.24 bits per heavy atom. The first-order valence-electron chi connectivity index (χ1n) is 10.5. The maximum atomic E-state index is 12.3. The van der Waals surface area contributed by atoms with E-state index in [0.29, 0.717) is 30.5 Å². The first-order valence-corrected chi connectivity index (χ1v) is 10.5. The third-order valence-corrected chi connectivity index (χ3v) is 5.33. The van der Waals surface area contributed by atoms with Crippen molar-refractivity contribution in [1.82, 2.24) is 0 Å². The average molecular weight is 409 g/mol. The molecule has 0 aromatic heterocycles. The van der Waals surface area contributed by atoms with Crippen molar-refractivity contribution >= 4 is 17.7 Å². The van der Waals surface area contributed by atoms with Crippen LogP contribution in [-0.4, -0.2) is 38.5 Å². The van der Waals surface area contributed by atoms with Crippen molar-refractivity contribution in [2.75, 3.05) is 20.8 Å². The second kappa shape index (κ2) is 14.1. The maximum Gasteiger partial charge on any atom is 0.373 e. The third kappa shape index (κ3) is 9.88. The fourth-order valence-corrected chi connectivity index (χ4v) is 3.63. The average Bonchev–Trinajstić information content (AvgIpc) is 3.04. The smallest absolute Gasteiger partial charge is 0.373 e. The molecule has 0 aromatic rings. The number of rotatable bonds is 13. The van der Waals surface area contributed by atoms with Crippen LogP contribution >= 0.6 is 0 Å². The van der Waals surface area contributed by atoms with Crippen molar-refractivity contribution in [3.63, 3.8) is 0 Å². The summed E-state index contributed by atoms with van der Waals surface area (Å²) < 4.78 is 14.6. The van der Waals surface area contributed by atoms with E-state index in [1.807, 2.05) is 0 Å². The van der Waals surface area contributed by atoms with Gasteiger partial charge in [0.1, 0.15) is 5.78 Å². The van der Waals surface area contributed by atoms with E-state index in [4.69, 9.17) is 9.47 Å². The van der Waals surface area contributed by atoms with Gasteiger partial charge in [-0.1, -0.05) is 25.5 Å². The SMILES string of the molecule is COCCC(C)CC=C[C@H]1CCC(=O)[C@@H]1CCCCC=C(OC(C)=O)C(=O)OC. The van der Waals surface area contributed by atoms with Crippen LogP contribution < -0.4 is 0 Å². The molecule has 0 N–H and O–H groups in total. The molecule has 1 aliphatic rings. The number of methoxy groups -OCH3 is 2. The largest absolute Gasteiger partial charge is 0.463 e. The summed E-state index contributed by atoms with van der Waals surface area (Å²) in [5.74, 6) is 0.0887. The van der Waals surface area contributed by atoms with Gasteiger partial charge >= 0.3 is 11.9 Å². The molecule has 1 fully saturated rings. The Labute approximate surface area is 174 Å². The fourth-order valence-electron chi connectivity index (χ4n) is 3.63. The highest BCUT2D eigenvalue weighted by molar-refractivity contribution is 5.89. The molecule has 0 aliphatic heterocycles. The molecule has 1 unspecified atom stereocenters. The summed E-state index contributed by atoms with van der Waals surface area (Å²) >= 11 is 0. The lowest BCUT2D eigenvalue weighted by Gasteiger charge is -2.15. The number of hydrogen-bond donors (Lipinski definition) is 0. The first kappa shape index (κ1) is 25.1. The van der Waals surface area contributed by atoms with Crippen LogP contribution in [0.4, 0.5) is 0 Å². The molecule has 1 rings (SSSR count). The summed E-state index contributed by atoms with van der Waals surface area (Å²) in [7, 11) is 2.97. The molecule has 1 aliphatic carbocycles. The summed E-state index contributed by atoms with van der Waals surface area (Å²) in [6.07, 6.45) is 12.8. The molecular weight excluding hydrogens is 372 g/mol. The summed E-state index contributed by atoms with van der Waals surface area (Å²) in [6.45, 7) is 4.24. The molecule has 164 valence electrons. The van der Waals surface area contributed by atoms with Gasteiger partial charge in [-0.3, -0.25) is 9.59 Å². The highest BCUT2D eigenvalue weighted by atomic mass is 16.6. The van der Waals surface area contributed by atoms with Gasteiger partial charge in [-0.2, -0.15) is 0 Å². The van der Waals surface area contributed by atoms with E-state index in [1.54, 1.807) is 13.2 Å². The van der Waals surface area contributed by atoms with Crippen LogP contribution in [0, 0.1) is 17.8 Å². The third-order valence-electron chi connectivity index (χ3n) is 5.33. The first-order chi connectivity index (χ1) is 13.9. The number of allylic oxidation sites excluding steroid dienone is 3. The van der Waals surface area contributed by atoms with Crippen molar-refractivity contribution in [2.24, 2.45) is 17.8 Å². The van der Waals surface area contributed by atoms with Crippen molar-refractivity contribution in [3.05, 3.63) is 24.0 Å². The number of hydrogen-bond acceptors (Lipinski definition) is 6. The Hall–Kier alpha value is -1.95. The van der Waals surface area contributed by atoms with E-state index in [2.05, 4.69) is 23.8 Å². The molecule has 0 amide bonds. The molecule has 29 heavy (non-hydrogen) atoms. The second-order valence-electron chi connectivity index (χ2n) is 7.76. The van der Waals surface area contributed by atoms with E-state index in [0.717, 1.165) is 45.1 Å². The highest BCUT2D eigenvalue weighted by Crippen LogP contribution is 2.34. The molecule has 1 saturated carbocycles. The van der Waals surface area contributed by atoms with Crippen LogP contribution in [0.5, 0.6) is 0 Å². The Kier molecular flexibility index (Phi) is 12.2. The van der Waals surface area contributed by atoms with Gasteiger partial charge < -0.3 is 14.2 Å². The van der Waals surface area contributed by atoms with E-state index in [-0.39, 0.29) is 11.7 Å². The molecule has 3 atom stereocenters. The number of esters is 2. The van der Waals surface area contributed by atoms with Gasteiger partial charge in [0.25, 0.3) is 0 Å². The van der Waals surface area contributed by atoms with Gasteiger partial charge in [0.05, 0.1) is 7.11 Å². The van der Waals surface area contributed by atoms with Gasteiger partial charge in [-0.05, 0) is 56.4 Å². The Morgan fingerprint density at radius 2 is 2.00 bits per heavy atom. The minimum atomic E-state index is -0.656. The summed E-state index contributed by atoms with van der Waals surface area (Å²) in [5.41, 5.74) is 0. The van der Waals surface area contributed by atoms with Crippen LogP contribution in [0.1, 0.15) is 65.2 Å². The van der Waals surface area contributed by atoms with Gasteiger partial charge in [-0.15, -0.1) is 0 Å². The molecule has 0 radical (unpaired) electrons. The van der Waals surface area contributed by atoms with Gasteiger partial charge in [0, 0.05) is 33.0 Å². The second-order valence-corrected chi connectivity index (χ2v) is 7.76. The molecule has 0 saturated heterocycles. The molecule has 0 spiro atoms. The number of Topliss-reactive ketones (excluding diaryl/α,β-unsaturated/α-hetero) is 1. The highest BCUT2D eigenvalue weighted by Gasteiger charge is 2.32. The Bertz CT molecular complexity index is 592. The minimum Gasteiger partial charge on any atom is -0.463 e. The van der Waals surface area contributed by atoms with E-state index < -0.39 is 11.9 Å². The number of ether oxygens (including phenoxy) is 3. The zero-order valence-electron chi connectivity index (χ0n) is 18.3. The Morgan fingerprint density at radius 3 is 2.66 bits per heavy atom. The predicted molar refractivity (Wildman–Crippen MR) is 111 cm³/mol. The van der Waals surface area contributed by atoms with Crippen LogP contribution in [0.15, 0.2) is 24.0 Å². The predicted octanol–water partition coefficient (Wildman–Crippen LogP) is 4.38. The van der Waals surface area contributed by atoms with Crippen molar-refractivity contribution in [2.45, 2.75) is 65.2 Å². The van der Waals surface area contributed by atoms with Crippen LogP contribution in [0.2, 0.25) is 0 Å². The topological polar surface area (TPSA) is 78.9 Å². The molecule has 0 heterocycles. The summed E-state index contributed by atoms with van der Waals surface area (Å²) in [6, 6.07) is 0. The summed E-state index contributed by atoms with van der Waals surface area (Å²) in [4.78, 5) is 34.9. The van der Waals surface area contributed by atoms with Gasteiger partial charge in [0.15, 0.2) is 0 Å². The van der Waals surface area contributed by atoms with E-state index in [9.17, 15) is 14.4 Å². The zero-order valence-corrected chi connectivity index (χ0v) is 18.3. The van der Waals surface area contributed by atoms with Crippen molar-refractivity contribution < 1.29 is 28.6 Å². The number of carbonyl (C=O) groups excluding carboxylic acids is 3. The fraction of sp³-hybridized carbons (Fsp3) is 0.696. The van der Waals surface area contributed by atoms with Crippen LogP contribution in [0.3, 0.4) is 0 Å². The molecular formula is C23H36O6. The van der Waals surface area contributed by atoms with Crippen LogP contribution in [-0.2, 0) is 28.6 Å². The Balaban J connectivity index is 2.44. The lowest BCUT2D eigenvalue weighted by atomic mass is 9.89. The number of carbonyl (C=O) groups is 3. The maximum absolute atomic E-state index is 12.3. The van der Waals surface area contributed by atoms with E-state index >= 15 is 0 Å².